The number of hydrogen-bond donors (Lipinski definition) is 0. The van der Waals surface area contributed by atoms with Crippen molar-refractivity contribution in [1.29, 1.82) is 0 Å². The SMILES string of the molecule is c1ccc(Cc2cn3c4ccccc4c4ccccc4c3n2)cc1. The molecule has 0 atom stereocenters. The van der Waals surface area contributed by atoms with Crippen LogP contribution in [0.5, 0.6) is 0 Å². The molecular weight excluding hydrogens is 292 g/mol. The lowest BCUT2D eigenvalue weighted by Crippen LogP contribution is -1.89. The van der Waals surface area contributed by atoms with Crippen LogP contribution in [-0.4, -0.2) is 9.38 Å². The summed E-state index contributed by atoms with van der Waals surface area (Å²) in [5.41, 5.74) is 4.63. The predicted octanol–water partition coefficient (Wildman–Crippen LogP) is 5.23. The van der Waals surface area contributed by atoms with Gasteiger partial charge in [-0.3, -0.25) is 4.40 Å². The Morgan fingerprint density at radius 3 is 2.17 bits per heavy atom. The highest BCUT2D eigenvalue weighted by molar-refractivity contribution is 6.11. The van der Waals surface area contributed by atoms with E-state index in [1.807, 2.05) is 6.07 Å². The lowest BCUT2D eigenvalue weighted by Gasteiger charge is -2.07. The second-order valence-corrected chi connectivity index (χ2v) is 6.15. The fourth-order valence-electron chi connectivity index (χ4n) is 3.52. The van der Waals surface area contributed by atoms with Gasteiger partial charge < -0.3 is 0 Å². The molecule has 2 aromatic heterocycles. The maximum atomic E-state index is 4.95. The summed E-state index contributed by atoms with van der Waals surface area (Å²) in [5, 5.41) is 3.73. The first-order valence-corrected chi connectivity index (χ1v) is 8.21. The number of nitrogens with zero attached hydrogens (tertiary/aromatic N) is 2. The maximum absolute atomic E-state index is 4.95. The van der Waals surface area contributed by atoms with E-state index in [2.05, 4.69) is 83.4 Å². The minimum Gasteiger partial charge on any atom is -0.299 e. The third-order valence-corrected chi connectivity index (χ3v) is 4.61. The monoisotopic (exact) mass is 308 g/mol. The second kappa shape index (κ2) is 5.20. The third-order valence-electron chi connectivity index (χ3n) is 4.61. The number of rotatable bonds is 2. The fourth-order valence-corrected chi connectivity index (χ4v) is 3.52. The summed E-state index contributed by atoms with van der Waals surface area (Å²) in [4.78, 5) is 4.95. The molecule has 0 saturated heterocycles. The van der Waals surface area contributed by atoms with Gasteiger partial charge in [-0.25, -0.2) is 4.98 Å². The van der Waals surface area contributed by atoms with Gasteiger partial charge in [0.25, 0.3) is 0 Å². The Hall–Kier alpha value is -3.13. The summed E-state index contributed by atoms with van der Waals surface area (Å²) >= 11 is 0. The zero-order valence-electron chi connectivity index (χ0n) is 13.2. The molecule has 0 radical (unpaired) electrons. The molecule has 5 aromatic rings. The molecule has 2 heteroatoms. The second-order valence-electron chi connectivity index (χ2n) is 6.15. The highest BCUT2D eigenvalue weighted by Crippen LogP contribution is 2.29. The van der Waals surface area contributed by atoms with E-state index in [4.69, 9.17) is 4.98 Å². The number of benzene rings is 3. The molecule has 0 bridgehead atoms. The fraction of sp³-hybridized carbons (Fsp3) is 0.0455. The van der Waals surface area contributed by atoms with Gasteiger partial charge in [-0.15, -0.1) is 0 Å². The Bertz CT molecular complexity index is 1100. The van der Waals surface area contributed by atoms with Crippen LogP contribution in [0.25, 0.3) is 27.3 Å². The first-order chi connectivity index (χ1) is 11.9. The van der Waals surface area contributed by atoms with Crippen molar-refractivity contribution in [3.8, 4) is 0 Å². The van der Waals surface area contributed by atoms with Crippen LogP contribution in [0.3, 0.4) is 0 Å². The van der Waals surface area contributed by atoms with Crippen molar-refractivity contribution in [3.63, 3.8) is 0 Å². The zero-order chi connectivity index (χ0) is 15.9. The van der Waals surface area contributed by atoms with E-state index >= 15 is 0 Å². The van der Waals surface area contributed by atoms with Gasteiger partial charge in [-0.1, -0.05) is 72.8 Å². The summed E-state index contributed by atoms with van der Waals surface area (Å²) < 4.78 is 2.23. The standard InChI is InChI=1S/C22H16N2/c1-2-8-16(9-3-1)14-17-15-24-21-13-7-6-11-19(21)18-10-4-5-12-20(18)22(24)23-17/h1-13,15H,14H2. The van der Waals surface area contributed by atoms with Crippen LogP contribution in [0.2, 0.25) is 0 Å². The van der Waals surface area contributed by atoms with Crippen LogP contribution < -0.4 is 0 Å². The van der Waals surface area contributed by atoms with Gasteiger partial charge >= 0.3 is 0 Å². The average Bonchev–Trinajstić information content (AvgIpc) is 3.07. The highest BCUT2D eigenvalue weighted by Gasteiger charge is 2.11. The van der Waals surface area contributed by atoms with Crippen molar-refractivity contribution in [2.45, 2.75) is 6.42 Å². The van der Waals surface area contributed by atoms with E-state index in [1.165, 1.54) is 27.2 Å². The van der Waals surface area contributed by atoms with Crippen LogP contribution in [-0.2, 0) is 6.42 Å². The maximum Gasteiger partial charge on any atom is 0.145 e. The topological polar surface area (TPSA) is 17.3 Å². The van der Waals surface area contributed by atoms with E-state index in [0.717, 1.165) is 17.8 Å². The van der Waals surface area contributed by atoms with E-state index in [-0.39, 0.29) is 0 Å². The molecule has 2 heterocycles. The molecule has 0 aliphatic carbocycles. The van der Waals surface area contributed by atoms with Gasteiger partial charge in [0.05, 0.1) is 11.2 Å². The molecule has 0 fully saturated rings. The molecule has 0 unspecified atom stereocenters. The largest absolute Gasteiger partial charge is 0.299 e. The van der Waals surface area contributed by atoms with Gasteiger partial charge in [0.2, 0.25) is 0 Å². The van der Waals surface area contributed by atoms with Crippen molar-refractivity contribution in [2.24, 2.45) is 0 Å². The Morgan fingerprint density at radius 1 is 0.667 bits per heavy atom. The summed E-state index contributed by atoms with van der Waals surface area (Å²) in [6.45, 7) is 0. The molecule has 0 spiro atoms. The molecule has 5 rings (SSSR count). The van der Waals surface area contributed by atoms with Crippen LogP contribution >= 0.6 is 0 Å². The van der Waals surface area contributed by atoms with Gasteiger partial charge in [-0.2, -0.15) is 0 Å². The average molecular weight is 308 g/mol. The molecule has 0 N–H and O–H groups in total. The van der Waals surface area contributed by atoms with Gasteiger partial charge in [0, 0.05) is 23.4 Å². The first-order valence-electron chi connectivity index (χ1n) is 8.21. The highest BCUT2D eigenvalue weighted by atomic mass is 15.0. The van der Waals surface area contributed by atoms with Crippen molar-refractivity contribution < 1.29 is 0 Å². The van der Waals surface area contributed by atoms with E-state index in [1.54, 1.807) is 0 Å². The molecule has 24 heavy (non-hydrogen) atoms. The number of pyridine rings is 1. The molecule has 0 aliphatic rings. The molecule has 3 aromatic carbocycles. The number of hydrogen-bond acceptors (Lipinski definition) is 1. The lowest BCUT2D eigenvalue weighted by molar-refractivity contribution is 1.12. The third kappa shape index (κ3) is 2.00. The zero-order valence-corrected chi connectivity index (χ0v) is 13.2. The van der Waals surface area contributed by atoms with Crippen LogP contribution in [0.15, 0.2) is 85.1 Å². The van der Waals surface area contributed by atoms with Gasteiger partial charge in [-0.05, 0) is 17.0 Å². The van der Waals surface area contributed by atoms with Crippen molar-refractivity contribution in [3.05, 3.63) is 96.3 Å². The molecule has 0 amide bonds. The number of imidazole rings is 1. The quantitative estimate of drug-likeness (QED) is 0.408. The van der Waals surface area contributed by atoms with E-state index < -0.39 is 0 Å². The van der Waals surface area contributed by atoms with Gasteiger partial charge in [0.15, 0.2) is 0 Å². The van der Waals surface area contributed by atoms with E-state index in [0.29, 0.717) is 0 Å². The minimum atomic E-state index is 0.852. The Morgan fingerprint density at radius 2 is 1.33 bits per heavy atom. The summed E-state index contributed by atoms with van der Waals surface area (Å²) in [6, 6.07) is 27.6. The number of fused-ring (bicyclic) bond motifs is 6. The number of para-hydroxylation sites is 1. The summed E-state index contributed by atoms with van der Waals surface area (Å²) in [6.07, 6.45) is 3.03. The predicted molar refractivity (Wildman–Crippen MR) is 99.5 cm³/mol. The Kier molecular flexibility index (Phi) is 2.89. The smallest absolute Gasteiger partial charge is 0.145 e. The summed E-state index contributed by atoms with van der Waals surface area (Å²) in [5.74, 6) is 0. The molecule has 2 nitrogen and oxygen atoms in total. The van der Waals surface area contributed by atoms with Crippen LogP contribution in [0.4, 0.5) is 0 Å². The Balaban J connectivity index is 1.82. The normalized spacial score (nSPS) is 11.5. The molecular formula is C22H16N2. The van der Waals surface area contributed by atoms with E-state index in [9.17, 15) is 0 Å². The first kappa shape index (κ1) is 13.3. The number of aromatic nitrogens is 2. The molecule has 0 saturated carbocycles. The van der Waals surface area contributed by atoms with Crippen molar-refractivity contribution in [2.75, 3.05) is 0 Å². The lowest BCUT2D eigenvalue weighted by atomic mass is 10.1. The summed E-state index contributed by atoms with van der Waals surface area (Å²) in [7, 11) is 0. The Labute approximate surface area is 140 Å². The van der Waals surface area contributed by atoms with Crippen LogP contribution in [0.1, 0.15) is 11.3 Å². The minimum absolute atomic E-state index is 0.852. The van der Waals surface area contributed by atoms with Gasteiger partial charge in [0.1, 0.15) is 5.65 Å². The van der Waals surface area contributed by atoms with Crippen LogP contribution in [0, 0.1) is 0 Å². The molecule has 0 aliphatic heterocycles. The van der Waals surface area contributed by atoms with Crippen molar-refractivity contribution in [1.82, 2.24) is 9.38 Å². The van der Waals surface area contributed by atoms with Crippen molar-refractivity contribution >= 4 is 27.3 Å². The molecule has 114 valence electrons.